The highest BCUT2D eigenvalue weighted by Gasteiger charge is 2.36. The number of esters is 1. The van der Waals surface area contributed by atoms with Crippen LogP contribution in [-0.2, 0) is 14.3 Å². The lowest BCUT2D eigenvalue weighted by molar-refractivity contribution is -0.138. The van der Waals surface area contributed by atoms with Crippen molar-refractivity contribution in [2.24, 2.45) is 5.73 Å². The molecule has 0 aromatic carbocycles. The third-order valence-electron chi connectivity index (χ3n) is 2.55. The molecule has 2 N–H and O–H groups in total. The Morgan fingerprint density at radius 1 is 1.39 bits per heavy atom. The summed E-state index contributed by atoms with van der Waals surface area (Å²) in [6.45, 7) is 1.99. The van der Waals surface area contributed by atoms with E-state index in [0.29, 0.717) is 5.57 Å². The van der Waals surface area contributed by atoms with Gasteiger partial charge in [-0.3, -0.25) is 4.79 Å². The Labute approximate surface area is 109 Å². The first-order chi connectivity index (χ1) is 8.65. The number of ether oxygens (including phenoxy) is 1. The highest BCUT2D eigenvalue weighted by Crippen LogP contribution is 2.43. The third-order valence-corrected chi connectivity index (χ3v) is 3.86. The van der Waals surface area contributed by atoms with E-state index in [1.807, 2.05) is 30.4 Å². The summed E-state index contributed by atoms with van der Waals surface area (Å²) in [5, 5.41) is -0.0538. The number of amides is 1. The molecule has 0 radical (unpaired) electrons. The van der Waals surface area contributed by atoms with Gasteiger partial charge in [-0.15, -0.1) is 11.8 Å². The van der Waals surface area contributed by atoms with E-state index in [0.717, 1.165) is 5.57 Å². The number of nitrogens with two attached hydrogens (primary N) is 1. The van der Waals surface area contributed by atoms with Gasteiger partial charge in [0, 0.05) is 0 Å². The summed E-state index contributed by atoms with van der Waals surface area (Å²) < 4.78 is 4.99. The lowest BCUT2D eigenvalue weighted by Gasteiger charge is -2.07. The molecular weight excluding hydrogens is 250 g/mol. The Bertz CT molecular complexity index is 514. The number of rotatable bonds is 3. The van der Waals surface area contributed by atoms with Crippen LogP contribution in [0.5, 0.6) is 0 Å². The predicted octanol–water partition coefficient (Wildman–Crippen LogP) is 1.46. The zero-order chi connectivity index (χ0) is 13.1. The van der Waals surface area contributed by atoms with Gasteiger partial charge >= 0.3 is 5.97 Å². The Balaban J connectivity index is 2.46. The molecule has 0 bridgehead atoms. The number of thioether (sulfide) groups is 1. The molecule has 0 saturated carbocycles. The van der Waals surface area contributed by atoms with Crippen molar-refractivity contribution < 1.29 is 14.3 Å². The maximum atomic E-state index is 11.9. The second kappa shape index (κ2) is 5.27. The SMILES string of the molecule is CCOC(=O)C1=C(C(N)=O)SC2C=CC=CC=C12. The molecule has 0 aromatic rings. The monoisotopic (exact) mass is 263 g/mol. The molecule has 1 atom stereocenters. The molecule has 0 aromatic heterocycles. The number of hydrogen-bond donors (Lipinski definition) is 1. The van der Waals surface area contributed by atoms with Crippen LogP contribution >= 0.6 is 11.8 Å². The van der Waals surface area contributed by atoms with Crippen molar-refractivity contribution >= 4 is 23.6 Å². The summed E-state index contributed by atoms with van der Waals surface area (Å²) in [6.07, 6.45) is 9.33. The summed E-state index contributed by atoms with van der Waals surface area (Å²) in [7, 11) is 0. The van der Waals surface area contributed by atoms with E-state index >= 15 is 0 Å². The van der Waals surface area contributed by atoms with Gasteiger partial charge in [-0.1, -0.05) is 30.4 Å². The number of primary amides is 1. The van der Waals surface area contributed by atoms with E-state index in [2.05, 4.69) is 0 Å². The molecule has 1 aliphatic heterocycles. The quantitative estimate of drug-likeness (QED) is 0.783. The van der Waals surface area contributed by atoms with Crippen LogP contribution in [0, 0.1) is 0 Å². The Morgan fingerprint density at radius 2 is 2.17 bits per heavy atom. The summed E-state index contributed by atoms with van der Waals surface area (Å²) in [5.74, 6) is -1.08. The van der Waals surface area contributed by atoms with Crippen molar-refractivity contribution in [1.82, 2.24) is 0 Å². The lowest BCUT2D eigenvalue weighted by Crippen LogP contribution is -2.17. The molecule has 0 fully saturated rings. The van der Waals surface area contributed by atoms with Crippen LogP contribution in [-0.4, -0.2) is 23.7 Å². The van der Waals surface area contributed by atoms with Gasteiger partial charge < -0.3 is 10.5 Å². The van der Waals surface area contributed by atoms with Gasteiger partial charge in [-0.25, -0.2) is 4.79 Å². The largest absolute Gasteiger partial charge is 0.462 e. The third kappa shape index (κ3) is 2.26. The van der Waals surface area contributed by atoms with Crippen LogP contribution < -0.4 is 5.73 Å². The van der Waals surface area contributed by atoms with E-state index in [1.165, 1.54) is 11.8 Å². The maximum absolute atomic E-state index is 11.9. The lowest BCUT2D eigenvalue weighted by atomic mass is 10.0. The fourth-order valence-corrected chi connectivity index (χ4v) is 3.01. The molecule has 2 aliphatic rings. The summed E-state index contributed by atoms with van der Waals surface area (Å²) in [6, 6.07) is 0. The minimum atomic E-state index is -0.589. The first kappa shape index (κ1) is 12.7. The van der Waals surface area contributed by atoms with Crippen molar-refractivity contribution in [3.05, 3.63) is 46.4 Å². The topological polar surface area (TPSA) is 69.4 Å². The first-order valence-corrected chi connectivity index (χ1v) is 6.46. The molecule has 1 heterocycles. The van der Waals surface area contributed by atoms with Crippen LogP contribution in [0.25, 0.3) is 0 Å². The molecule has 1 unspecified atom stereocenters. The number of carbonyl (C=O) groups is 2. The first-order valence-electron chi connectivity index (χ1n) is 5.58. The van der Waals surface area contributed by atoms with E-state index in [9.17, 15) is 9.59 Å². The van der Waals surface area contributed by atoms with Gasteiger partial charge in [-0.05, 0) is 12.5 Å². The highest BCUT2D eigenvalue weighted by atomic mass is 32.2. The average Bonchev–Trinajstić information content (AvgIpc) is 2.54. The van der Waals surface area contributed by atoms with Gasteiger partial charge in [0.15, 0.2) is 0 Å². The van der Waals surface area contributed by atoms with Crippen molar-refractivity contribution in [3.8, 4) is 0 Å². The predicted molar refractivity (Wildman–Crippen MR) is 70.6 cm³/mol. The standard InChI is InChI=1S/C13H13NO3S/c1-2-17-13(16)10-8-6-4-3-5-7-9(8)18-11(10)12(14)15/h3-7,9H,2H2,1H3,(H2,14,15). The van der Waals surface area contributed by atoms with Crippen LogP contribution in [0.3, 0.4) is 0 Å². The minimum absolute atomic E-state index is 0.0538. The number of fused-ring (bicyclic) bond motifs is 1. The van der Waals surface area contributed by atoms with Gasteiger partial charge in [-0.2, -0.15) is 0 Å². The normalized spacial score (nSPS) is 21.4. The van der Waals surface area contributed by atoms with Crippen molar-refractivity contribution in [1.29, 1.82) is 0 Å². The summed E-state index contributed by atoms with van der Waals surface area (Å²) in [4.78, 5) is 23.6. The van der Waals surface area contributed by atoms with Crippen LogP contribution in [0.2, 0.25) is 0 Å². The van der Waals surface area contributed by atoms with Gasteiger partial charge in [0.2, 0.25) is 0 Å². The van der Waals surface area contributed by atoms with E-state index in [4.69, 9.17) is 10.5 Å². The molecule has 1 amide bonds. The molecule has 4 nitrogen and oxygen atoms in total. The second-order valence-electron chi connectivity index (χ2n) is 3.72. The second-order valence-corrected chi connectivity index (χ2v) is 4.87. The Hall–Kier alpha value is -1.75. The molecule has 0 spiro atoms. The number of carbonyl (C=O) groups excluding carboxylic acids is 2. The fourth-order valence-electron chi connectivity index (χ4n) is 1.83. The van der Waals surface area contributed by atoms with Crippen LogP contribution in [0.15, 0.2) is 46.4 Å². The van der Waals surface area contributed by atoms with Gasteiger partial charge in [0.05, 0.1) is 22.3 Å². The molecule has 0 saturated heterocycles. The molecule has 1 aliphatic carbocycles. The fraction of sp³-hybridized carbons (Fsp3) is 0.231. The maximum Gasteiger partial charge on any atom is 0.339 e. The van der Waals surface area contributed by atoms with Crippen LogP contribution in [0.4, 0.5) is 0 Å². The smallest absolute Gasteiger partial charge is 0.339 e. The summed E-state index contributed by atoms with van der Waals surface area (Å²) in [5.41, 5.74) is 6.40. The minimum Gasteiger partial charge on any atom is -0.462 e. The molecule has 18 heavy (non-hydrogen) atoms. The Kier molecular flexibility index (Phi) is 3.72. The van der Waals surface area contributed by atoms with Crippen molar-refractivity contribution in [2.75, 3.05) is 6.61 Å². The molecule has 5 heteroatoms. The molecular formula is C13H13NO3S. The molecule has 2 rings (SSSR count). The van der Waals surface area contributed by atoms with Crippen LogP contribution in [0.1, 0.15) is 6.92 Å². The summed E-state index contributed by atoms with van der Waals surface area (Å²) >= 11 is 1.29. The number of hydrogen-bond acceptors (Lipinski definition) is 4. The zero-order valence-corrected chi connectivity index (χ0v) is 10.7. The highest BCUT2D eigenvalue weighted by molar-refractivity contribution is 8.05. The van der Waals surface area contributed by atoms with Crippen molar-refractivity contribution in [2.45, 2.75) is 12.2 Å². The van der Waals surface area contributed by atoms with Gasteiger partial charge in [0.1, 0.15) is 0 Å². The van der Waals surface area contributed by atoms with E-state index in [1.54, 1.807) is 6.92 Å². The average molecular weight is 263 g/mol. The van der Waals surface area contributed by atoms with Crippen molar-refractivity contribution in [3.63, 3.8) is 0 Å². The molecule has 94 valence electrons. The van der Waals surface area contributed by atoms with E-state index < -0.39 is 11.9 Å². The number of allylic oxidation sites excluding steroid dienone is 4. The Morgan fingerprint density at radius 3 is 2.83 bits per heavy atom. The zero-order valence-electron chi connectivity index (χ0n) is 9.88. The van der Waals surface area contributed by atoms with E-state index in [-0.39, 0.29) is 16.8 Å². The van der Waals surface area contributed by atoms with Gasteiger partial charge in [0.25, 0.3) is 5.91 Å².